The summed E-state index contributed by atoms with van der Waals surface area (Å²) in [5, 5.41) is 0.366. The molecular weight excluding hydrogens is 164 g/mol. The zero-order valence-corrected chi connectivity index (χ0v) is 7.28. The van der Waals surface area contributed by atoms with E-state index in [-0.39, 0.29) is 16.9 Å². The molecule has 0 aromatic carbocycles. The van der Waals surface area contributed by atoms with E-state index in [2.05, 4.69) is 12.6 Å². The van der Waals surface area contributed by atoms with Crippen molar-refractivity contribution in [3.8, 4) is 0 Å². The second-order valence-electron chi connectivity index (χ2n) is 1.43. The van der Waals surface area contributed by atoms with Crippen LogP contribution in [-0.4, -0.2) is 9.70 Å². The number of carbonyl (C=O) groups is 1. The summed E-state index contributed by atoms with van der Waals surface area (Å²) in [7, 11) is 0. The fourth-order valence-electron chi connectivity index (χ4n) is 0.202. The van der Waals surface area contributed by atoms with E-state index in [9.17, 15) is 4.79 Å². The highest BCUT2D eigenvalue weighted by atomic mass is 35.5. The van der Waals surface area contributed by atoms with Gasteiger partial charge in [-0.05, 0) is 0 Å². The lowest BCUT2D eigenvalue weighted by Crippen LogP contribution is -1.87. The molecule has 4 heteroatoms. The fourth-order valence-corrected chi connectivity index (χ4v) is 1.24. The third-order valence-corrected chi connectivity index (χ3v) is 1.33. The molecular formula is C4H9ClOS2. The molecule has 0 fully saturated rings. The third-order valence-electron chi connectivity index (χ3n) is 0.337. The molecule has 0 aliphatic rings. The van der Waals surface area contributed by atoms with Crippen LogP contribution in [0, 0.1) is 0 Å². The van der Waals surface area contributed by atoms with Crippen LogP contribution in [0.15, 0.2) is 0 Å². The van der Waals surface area contributed by atoms with Gasteiger partial charge < -0.3 is 0 Å². The number of carbonyl (C=O) groups excluding carboxylic acids is 1. The van der Waals surface area contributed by atoms with Gasteiger partial charge in [-0.15, -0.1) is 12.4 Å². The van der Waals surface area contributed by atoms with Crippen molar-refractivity contribution in [3.63, 3.8) is 0 Å². The zero-order chi connectivity index (χ0) is 5.86. The van der Waals surface area contributed by atoms with Crippen molar-refractivity contribution in [3.05, 3.63) is 0 Å². The van der Waals surface area contributed by atoms with Crippen molar-refractivity contribution < 1.29 is 4.79 Å². The first-order chi connectivity index (χ1) is 3.13. The van der Waals surface area contributed by atoms with Gasteiger partial charge in [0.1, 0.15) is 0 Å². The Hall–Kier alpha value is 0.660. The number of thioether (sulfide) groups is 1. The summed E-state index contributed by atoms with van der Waals surface area (Å²) in [6.45, 7) is 3.91. The molecule has 0 spiro atoms. The number of thiol groups is 1. The molecule has 0 radical (unpaired) electrons. The summed E-state index contributed by atoms with van der Waals surface area (Å²) in [5.41, 5.74) is 0. The zero-order valence-electron chi connectivity index (χ0n) is 4.75. The van der Waals surface area contributed by atoms with Crippen molar-refractivity contribution in [2.75, 3.05) is 0 Å². The van der Waals surface area contributed by atoms with Gasteiger partial charge in [0.25, 0.3) is 0 Å². The molecule has 0 aromatic heterocycles. The molecule has 0 saturated carbocycles. The van der Waals surface area contributed by atoms with E-state index in [0.717, 1.165) is 0 Å². The second kappa shape index (κ2) is 5.79. The highest BCUT2D eigenvalue weighted by Crippen LogP contribution is 2.12. The first-order valence-electron chi connectivity index (χ1n) is 2.02. The smallest absolute Gasteiger partial charge is 0.243 e. The van der Waals surface area contributed by atoms with E-state index in [0.29, 0.717) is 5.25 Å². The molecule has 50 valence electrons. The number of halogens is 1. The molecule has 1 nitrogen and oxygen atoms in total. The molecule has 0 unspecified atom stereocenters. The van der Waals surface area contributed by atoms with Crippen LogP contribution in [0.2, 0.25) is 0 Å². The molecule has 8 heavy (non-hydrogen) atoms. The first kappa shape index (κ1) is 11.5. The predicted molar refractivity (Wildman–Crippen MR) is 44.4 cm³/mol. The fraction of sp³-hybridized carbons (Fsp3) is 0.750. The number of hydrogen-bond acceptors (Lipinski definition) is 2. The number of hydrogen-bond donors (Lipinski definition) is 1. The first-order valence-corrected chi connectivity index (χ1v) is 3.35. The topological polar surface area (TPSA) is 17.1 Å². The van der Waals surface area contributed by atoms with Gasteiger partial charge in [-0.25, -0.2) is 0 Å². The number of rotatable bonds is 1. The Balaban J connectivity index is 0. The van der Waals surface area contributed by atoms with Gasteiger partial charge in [-0.3, -0.25) is 4.79 Å². The van der Waals surface area contributed by atoms with Crippen LogP contribution in [0.5, 0.6) is 0 Å². The van der Waals surface area contributed by atoms with Gasteiger partial charge in [0.05, 0.1) is 0 Å². The van der Waals surface area contributed by atoms with E-state index in [4.69, 9.17) is 0 Å². The van der Waals surface area contributed by atoms with Gasteiger partial charge in [-0.1, -0.05) is 38.2 Å². The van der Waals surface area contributed by atoms with E-state index in [1.807, 2.05) is 13.8 Å². The van der Waals surface area contributed by atoms with Crippen LogP contribution in [0.1, 0.15) is 13.8 Å². The van der Waals surface area contributed by atoms with Gasteiger partial charge in [0, 0.05) is 5.25 Å². The summed E-state index contributed by atoms with van der Waals surface area (Å²) in [6, 6.07) is 0. The average molecular weight is 173 g/mol. The Morgan fingerprint density at radius 2 is 2.00 bits per heavy atom. The van der Waals surface area contributed by atoms with Crippen LogP contribution in [0.25, 0.3) is 0 Å². The van der Waals surface area contributed by atoms with Crippen molar-refractivity contribution >= 4 is 41.2 Å². The van der Waals surface area contributed by atoms with Gasteiger partial charge >= 0.3 is 0 Å². The lowest BCUT2D eigenvalue weighted by molar-refractivity contribution is 0.277. The lowest BCUT2D eigenvalue weighted by Gasteiger charge is -1.94. The molecule has 0 aromatic rings. The van der Waals surface area contributed by atoms with Crippen molar-refractivity contribution in [1.82, 2.24) is 0 Å². The molecule has 0 atom stereocenters. The molecule has 0 saturated heterocycles. The average Bonchev–Trinajstić information content (AvgIpc) is 1.27. The highest BCUT2D eigenvalue weighted by molar-refractivity contribution is 8.32. The van der Waals surface area contributed by atoms with E-state index >= 15 is 0 Å². The standard InChI is InChI=1S/C4H8OS2.ClH/c1-3(2)7-4(5)6;/h3H,1-2H3,(H,5,6);1H. The molecule has 0 rings (SSSR count). The third kappa shape index (κ3) is 9.83. The summed E-state index contributed by atoms with van der Waals surface area (Å²) < 4.78 is -0.102. The van der Waals surface area contributed by atoms with Crippen LogP contribution in [0.4, 0.5) is 4.79 Å². The van der Waals surface area contributed by atoms with Crippen molar-refractivity contribution in [2.24, 2.45) is 0 Å². The minimum atomic E-state index is -0.102. The quantitative estimate of drug-likeness (QED) is 0.613. The SMILES string of the molecule is CC(C)SC(=O)S.Cl. The van der Waals surface area contributed by atoms with Crippen LogP contribution in [0.3, 0.4) is 0 Å². The summed E-state index contributed by atoms with van der Waals surface area (Å²) in [6.07, 6.45) is 0. The minimum Gasteiger partial charge on any atom is -0.275 e. The van der Waals surface area contributed by atoms with Crippen molar-refractivity contribution in [1.29, 1.82) is 0 Å². The Morgan fingerprint density at radius 1 is 1.62 bits per heavy atom. The van der Waals surface area contributed by atoms with Gasteiger partial charge in [0.15, 0.2) is 0 Å². The Morgan fingerprint density at radius 3 is 2.00 bits per heavy atom. The molecule has 0 bridgehead atoms. The maximum absolute atomic E-state index is 10.1. The Kier molecular flexibility index (Phi) is 8.29. The van der Waals surface area contributed by atoms with Gasteiger partial charge in [0.2, 0.25) is 4.45 Å². The summed E-state index contributed by atoms with van der Waals surface area (Å²) >= 11 is 4.80. The Bertz CT molecular complexity index is 74.4. The molecule has 0 aliphatic heterocycles. The second-order valence-corrected chi connectivity index (χ2v) is 3.69. The highest BCUT2D eigenvalue weighted by Gasteiger charge is 1.96. The molecule has 0 N–H and O–H groups in total. The van der Waals surface area contributed by atoms with E-state index in [1.165, 1.54) is 11.8 Å². The molecule has 0 aliphatic carbocycles. The summed E-state index contributed by atoms with van der Waals surface area (Å²) in [4.78, 5) is 10.1. The summed E-state index contributed by atoms with van der Waals surface area (Å²) in [5.74, 6) is 0. The minimum absolute atomic E-state index is 0. The molecule has 0 heterocycles. The van der Waals surface area contributed by atoms with E-state index < -0.39 is 0 Å². The maximum Gasteiger partial charge on any atom is 0.243 e. The van der Waals surface area contributed by atoms with Crippen LogP contribution < -0.4 is 0 Å². The lowest BCUT2D eigenvalue weighted by atomic mass is 10.6. The largest absolute Gasteiger partial charge is 0.275 e. The predicted octanol–water partition coefficient (Wildman–Crippen LogP) is 2.60. The maximum atomic E-state index is 10.1. The van der Waals surface area contributed by atoms with Crippen LogP contribution >= 0.6 is 36.8 Å². The molecule has 0 amide bonds. The Labute approximate surface area is 65.4 Å². The van der Waals surface area contributed by atoms with Crippen LogP contribution in [-0.2, 0) is 0 Å². The van der Waals surface area contributed by atoms with E-state index in [1.54, 1.807) is 0 Å². The van der Waals surface area contributed by atoms with Gasteiger partial charge in [-0.2, -0.15) is 0 Å². The van der Waals surface area contributed by atoms with Crippen molar-refractivity contribution in [2.45, 2.75) is 19.1 Å². The monoisotopic (exact) mass is 172 g/mol. The normalized spacial score (nSPS) is 8.50.